The summed E-state index contributed by atoms with van der Waals surface area (Å²) in [5.74, 6) is -3.04. The van der Waals surface area contributed by atoms with E-state index in [1.807, 2.05) is 0 Å². The second kappa shape index (κ2) is 16.4. The third kappa shape index (κ3) is 11.2. The number of nitrogens with zero attached hydrogens (tertiary/aromatic N) is 5. The van der Waals surface area contributed by atoms with Crippen LogP contribution >= 0.6 is 11.6 Å². The molecule has 1 aromatic heterocycles. The van der Waals surface area contributed by atoms with Crippen LogP contribution in [0.1, 0.15) is 0 Å². The molecule has 0 spiro atoms. The van der Waals surface area contributed by atoms with Crippen molar-refractivity contribution in [2.75, 3.05) is 23.0 Å². The van der Waals surface area contributed by atoms with Gasteiger partial charge in [-0.1, -0.05) is 0 Å². The van der Waals surface area contributed by atoms with Crippen molar-refractivity contribution in [3.63, 3.8) is 0 Å². The number of aromatic nitrogens is 3. The molecule has 26 nitrogen and oxygen atoms in total. The highest BCUT2D eigenvalue weighted by Gasteiger charge is 2.27. The van der Waals surface area contributed by atoms with Gasteiger partial charge in [-0.2, -0.15) is 57.0 Å². The summed E-state index contributed by atoms with van der Waals surface area (Å²) in [5, 5.41) is 21.7. The average Bonchev–Trinajstić information content (AvgIpc) is 3.08. The number of fused-ring (bicyclic) bond motifs is 1. The number of hydrogen-bond donors (Lipinski definition) is 8. The van der Waals surface area contributed by atoms with Gasteiger partial charge in [0.15, 0.2) is 15.6 Å². The lowest BCUT2D eigenvalue weighted by Gasteiger charge is -2.15. The summed E-state index contributed by atoms with van der Waals surface area (Å²) in [4.78, 5) is 7.02. The van der Waals surface area contributed by atoms with E-state index in [4.69, 9.17) is 16.2 Å². The lowest BCUT2D eigenvalue weighted by Crippen LogP contribution is -2.15. The van der Waals surface area contributed by atoms with E-state index in [0.29, 0.717) is 36.4 Å². The molecule has 0 bridgehead atoms. The van der Waals surface area contributed by atoms with Crippen LogP contribution in [0.5, 0.6) is 5.75 Å². The van der Waals surface area contributed by atoms with Gasteiger partial charge < -0.3 is 15.7 Å². The van der Waals surface area contributed by atoms with E-state index >= 15 is 0 Å². The first-order chi connectivity index (χ1) is 27.4. The molecule has 0 radical (unpaired) electrons. The summed E-state index contributed by atoms with van der Waals surface area (Å²) in [6, 6.07) is 7.85. The lowest BCUT2D eigenvalue weighted by molar-refractivity contribution is 0.284. The minimum absolute atomic E-state index is 0.111. The van der Waals surface area contributed by atoms with Gasteiger partial charge >= 0.3 is 10.4 Å². The standard InChI is InChI=1S/C27H22ClN7O19S6/c28-25-31-26(29-14-1-3-15(4-2-14)55(37,38)8-7-54-60(51,52)53)33-27(32-25)30-19-12-17(57(42,43)44)9-13-10-21(59(48,49)50)23(24(36)22(13)19)35-34-18-11-16(56(39,40)41)5-6-20(18)58(45,46)47/h1-6,9-12,36H,7-8H2,(H,39,40,41)(H,42,43,44)(H,45,46,47)(H,48,49,50)(H,51,52,53)(H2,29,30,31,32,33). The van der Waals surface area contributed by atoms with Gasteiger partial charge in [0.25, 0.3) is 40.5 Å². The lowest BCUT2D eigenvalue weighted by atomic mass is 10.1. The fourth-order valence-corrected chi connectivity index (χ4v) is 8.84. The summed E-state index contributed by atoms with van der Waals surface area (Å²) in [7, 11) is -29.9. The highest BCUT2D eigenvalue weighted by atomic mass is 35.5. The maximum atomic E-state index is 12.5. The third-order valence-corrected chi connectivity index (χ3v) is 13.1. The molecule has 0 fully saturated rings. The van der Waals surface area contributed by atoms with Crippen molar-refractivity contribution >= 4 is 118 Å². The molecule has 0 saturated heterocycles. The number of benzene rings is 4. The first-order valence-electron chi connectivity index (χ1n) is 15.1. The Morgan fingerprint density at radius 2 is 1.18 bits per heavy atom. The number of halogens is 1. The minimum Gasteiger partial charge on any atom is -0.505 e. The third-order valence-electron chi connectivity index (χ3n) is 7.37. The molecule has 60 heavy (non-hydrogen) atoms. The van der Waals surface area contributed by atoms with E-state index in [1.165, 1.54) is 12.1 Å². The molecule has 1 heterocycles. The molecule has 0 saturated carbocycles. The van der Waals surface area contributed by atoms with E-state index in [1.54, 1.807) is 0 Å². The first kappa shape index (κ1) is 46.0. The Balaban J connectivity index is 1.61. The molecule has 322 valence electrons. The molecule has 0 aliphatic rings. The van der Waals surface area contributed by atoms with Gasteiger partial charge in [0.05, 0.1) is 32.7 Å². The monoisotopic (exact) mass is 975 g/mol. The van der Waals surface area contributed by atoms with Crippen LogP contribution in [0.15, 0.2) is 95.4 Å². The Labute approximate surface area is 342 Å². The van der Waals surface area contributed by atoms with Gasteiger partial charge in [-0.15, -0.1) is 10.2 Å². The normalized spacial score (nSPS) is 13.2. The maximum absolute atomic E-state index is 12.5. The minimum atomic E-state index is -5.48. The molecule has 0 atom stereocenters. The number of azo groups is 1. The van der Waals surface area contributed by atoms with Crippen LogP contribution in [-0.4, -0.2) is 106 Å². The number of hydrogen-bond acceptors (Lipinski definition) is 21. The predicted molar refractivity (Wildman–Crippen MR) is 203 cm³/mol. The van der Waals surface area contributed by atoms with Crippen LogP contribution < -0.4 is 10.6 Å². The van der Waals surface area contributed by atoms with Gasteiger partial charge in [0.2, 0.25) is 17.2 Å². The zero-order valence-electron chi connectivity index (χ0n) is 28.7. The number of anilines is 4. The van der Waals surface area contributed by atoms with Crippen LogP contribution in [0.25, 0.3) is 10.8 Å². The van der Waals surface area contributed by atoms with Gasteiger partial charge in [-0.3, -0.25) is 22.8 Å². The quantitative estimate of drug-likeness (QED) is 0.0552. The molecular weight excluding hydrogens is 954 g/mol. The van der Waals surface area contributed by atoms with Crippen molar-refractivity contribution in [1.29, 1.82) is 0 Å². The zero-order valence-corrected chi connectivity index (χ0v) is 34.4. The van der Waals surface area contributed by atoms with Crippen LogP contribution in [0, 0.1) is 0 Å². The van der Waals surface area contributed by atoms with E-state index in [9.17, 15) is 73.8 Å². The fourth-order valence-electron chi connectivity index (χ4n) is 4.88. The Kier molecular flexibility index (Phi) is 12.6. The number of nitrogens with one attached hydrogen (secondary N) is 2. The van der Waals surface area contributed by atoms with Crippen molar-refractivity contribution in [3.8, 4) is 5.75 Å². The molecule has 0 aliphatic heterocycles. The summed E-state index contributed by atoms with van der Waals surface area (Å²) < 4.78 is 195. The summed E-state index contributed by atoms with van der Waals surface area (Å²) in [6.07, 6.45) is 0. The molecule has 0 unspecified atom stereocenters. The van der Waals surface area contributed by atoms with Crippen molar-refractivity contribution < 1.29 is 82.6 Å². The van der Waals surface area contributed by atoms with Crippen LogP contribution in [0.3, 0.4) is 0 Å². The highest BCUT2D eigenvalue weighted by molar-refractivity contribution is 7.91. The number of aromatic hydroxyl groups is 1. The van der Waals surface area contributed by atoms with E-state index < -0.39 is 137 Å². The Morgan fingerprint density at radius 1 is 0.617 bits per heavy atom. The molecule has 33 heteroatoms. The van der Waals surface area contributed by atoms with Gasteiger partial charge in [0, 0.05) is 11.1 Å². The Bertz CT molecular complexity index is 3300. The first-order valence-corrected chi connectivity index (χ1v) is 24.3. The SMILES string of the molecule is O=S(=O)(O)OCCS(=O)(=O)c1ccc(Nc2nc(Cl)nc(Nc3cc(S(=O)(=O)O)cc4cc(S(=O)(=O)O)c(N=Nc5cc(S(=O)(=O)O)ccc5S(=O)(=O)O)c(O)c34)n2)cc1. The maximum Gasteiger partial charge on any atom is 0.397 e. The van der Waals surface area contributed by atoms with Crippen molar-refractivity contribution in [1.82, 2.24) is 15.0 Å². The number of phenolic OH excluding ortho intramolecular Hbond substituents is 1. The van der Waals surface area contributed by atoms with Gasteiger partial charge in [0.1, 0.15) is 21.2 Å². The molecular formula is C27H22ClN7O19S6. The fraction of sp³-hybridized carbons (Fsp3) is 0.0741. The summed E-state index contributed by atoms with van der Waals surface area (Å²) in [6.45, 7) is -0.889. The van der Waals surface area contributed by atoms with E-state index in [-0.39, 0.29) is 16.5 Å². The van der Waals surface area contributed by atoms with Gasteiger partial charge in [-0.25, -0.2) is 12.6 Å². The molecule has 0 amide bonds. The molecule has 5 aromatic rings. The Morgan fingerprint density at radius 3 is 1.73 bits per heavy atom. The predicted octanol–water partition coefficient (Wildman–Crippen LogP) is 2.87. The van der Waals surface area contributed by atoms with Crippen LogP contribution in [0.4, 0.5) is 34.6 Å². The van der Waals surface area contributed by atoms with Crippen LogP contribution in [-0.2, 0) is 64.9 Å². The summed E-state index contributed by atoms with van der Waals surface area (Å²) in [5.41, 5.74) is -2.72. The number of sulfone groups is 1. The van der Waals surface area contributed by atoms with E-state index in [0.717, 1.165) is 12.1 Å². The second-order valence-electron chi connectivity index (χ2n) is 11.5. The highest BCUT2D eigenvalue weighted by Crippen LogP contribution is 2.46. The second-order valence-corrected chi connectivity index (χ2v) is 20.6. The van der Waals surface area contributed by atoms with Crippen LogP contribution in [0.2, 0.25) is 5.28 Å². The molecule has 4 aromatic carbocycles. The number of rotatable bonds is 15. The van der Waals surface area contributed by atoms with Crippen molar-refractivity contribution in [2.45, 2.75) is 24.5 Å². The largest absolute Gasteiger partial charge is 0.505 e. The van der Waals surface area contributed by atoms with Crippen molar-refractivity contribution in [2.24, 2.45) is 10.2 Å². The summed E-state index contributed by atoms with van der Waals surface area (Å²) >= 11 is 6.07. The van der Waals surface area contributed by atoms with Gasteiger partial charge in [-0.05, 0) is 77.7 Å². The Hall–Kier alpha value is -5.10. The molecule has 5 rings (SSSR count). The molecule has 8 N–H and O–H groups in total. The molecule has 0 aliphatic carbocycles. The topological polar surface area (TPSA) is 423 Å². The van der Waals surface area contributed by atoms with E-state index in [2.05, 4.69) is 40.0 Å². The average molecular weight is 976 g/mol. The van der Waals surface area contributed by atoms with Crippen molar-refractivity contribution in [3.05, 3.63) is 65.9 Å². The smallest absolute Gasteiger partial charge is 0.397 e. The zero-order chi connectivity index (χ0) is 44.8. The number of phenols is 1.